The van der Waals surface area contributed by atoms with E-state index in [1.807, 2.05) is 24.9 Å². The van der Waals surface area contributed by atoms with Crippen LogP contribution in [0.2, 0.25) is 0 Å². The zero-order valence-corrected chi connectivity index (χ0v) is 13.5. The fourth-order valence-electron chi connectivity index (χ4n) is 1.36. The molecule has 0 unspecified atom stereocenters. The molecule has 0 atom stereocenters. The molecule has 18 heavy (non-hydrogen) atoms. The topological polar surface area (TPSA) is 54.8 Å². The molecule has 0 saturated heterocycles. The van der Waals surface area contributed by atoms with Crippen LogP contribution in [0.5, 0.6) is 0 Å². The van der Waals surface area contributed by atoms with Gasteiger partial charge < -0.3 is 9.88 Å². The molecule has 0 saturated carbocycles. The number of anilines is 1. The number of nitrogens with zero attached hydrogens (tertiary/aromatic N) is 5. The van der Waals surface area contributed by atoms with E-state index in [1.165, 1.54) is 0 Å². The Bertz CT molecular complexity index is 503. The Balaban J connectivity index is 0.00000162. The summed E-state index contributed by atoms with van der Waals surface area (Å²) < 4.78 is 0. The van der Waals surface area contributed by atoms with Gasteiger partial charge in [-0.2, -0.15) is 4.98 Å². The molecule has 0 bridgehead atoms. The zero-order chi connectivity index (χ0) is 12.3. The van der Waals surface area contributed by atoms with Crippen LogP contribution in [0.3, 0.4) is 0 Å². The van der Waals surface area contributed by atoms with Crippen LogP contribution in [-0.2, 0) is 21.1 Å². The normalized spacial score (nSPS) is 9.72. The fourth-order valence-corrected chi connectivity index (χ4v) is 1.36. The van der Waals surface area contributed by atoms with Gasteiger partial charge in [0.05, 0.1) is 0 Å². The Hall–Kier alpha value is -1.35. The SMILES string of the molecule is CCN(C)c1nc(C)nc(-c2c[c-]ncc2)n1.[W]. The number of pyridine rings is 1. The predicted octanol–water partition coefficient (Wildman–Crippen LogP) is 1.50. The quantitative estimate of drug-likeness (QED) is 0.716. The van der Waals surface area contributed by atoms with Crippen LogP contribution in [0.1, 0.15) is 12.7 Å². The van der Waals surface area contributed by atoms with E-state index in [4.69, 9.17) is 0 Å². The van der Waals surface area contributed by atoms with Crippen molar-refractivity contribution in [1.29, 1.82) is 0 Å². The zero-order valence-electron chi connectivity index (χ0n) is 10.6. The third-order valence-corrected chi connectivity index (χ3v) is 2.43. The largest absolute Gasteiger partial charge is 0.394 e. The second kappa shape index (κ2) is 6.55. The van der Waals surface area contributed by atoms with Gasteiger partial charge in [-0.3, -0.25) is 0 Å². The first-order valence-electron chi connectivity index (χ1n) is 5.47. The molecule has 5 nitrogen and oxygen atoms in total. The van der Waals surface area contributed by atoms with Crippen LogP contribution in [0.4, 0.5) is 5.95 Å². The molecule has 0 fully saturated rings. The maximum absolute atomic E-state index is 4.43. The number of rotatable bonds is 3. The van der Waals surface area contributed by atoms with E-state index < -0.39 is 0 Å². The Kier molecular flexibility index (Phi) is 5.35. The van der Waals surface area contributed by atoms with E-state index in [0.717, 1.165) is 12.1 Å². The first-order valence-corrected chi connectivity index (χ1v) is 5.47. The van der Waals surface area contributed by atoms with Crippen LogP contribution in [-0.4, -0.2) is 33.5 Å². The second-order valence-corrected chi connectivity index (χ2v) is 3.69. The minimum atomic E-state index is 0. The van der Waals surface area contributed by atoms with Crippen molar-refractivity contribution in [1.82, 2.24) is 19.9 Å². The first-order chi connectivity index (χ1) is 8.20. The maximum atomic E-state index is 4.43. The van der Waals surface area contributed by atoms with Crippen molar-refractivity contribution >= 4 is 5.95 Å². The molecular formula is C12H14N5W-. The van der Waals surface area contributed by atoms with Gasteiger partial charge in [-0.25, -0.2) is 9.97 Å². The number of hydrogen-bond donors (Lipinski definition) is 0. The van der Waals surface area contributed by atoms with Crippen LogP contribution >= 0.6 is 0 Å². The Labute approximate surface area is 121 Å². The van der Waals surface area contributed by atoms with E-state index in [-0.39, 0.29) is 21.1 Å². The summed E-state index contributed by atoms with van der Waals surface area (Å²) in [4.78, 5) is 18.9. The molecule has 0 aromatic carbocycles. The van der Waals surface area contributed by atoms with Crippen molar-refractivity contribution in [3.8, 4) is 11.4 Å². The van der Waals surface area contributed by atoms with Crippen molar-refractivity contribution in [3.63, 3.8) is 0 Å². The van der Waals surface area contributed by atoms with Gasteiger partial charge in [0, 0.05) is 34.7 Å². The maximum Gasteiger partial charge on any atom is 0.227 e. The average Bonchev–Trinajstić information content (AvgIpc) is 2.38. The van der Waals surface area contributed by atoms with Gasteiger partial charge in [0.2, 0.25) is 5.95 Å². The predicted molar refractivity (Wildman–Crippen MR) is 65.6 cm³/mol. The van der Waals surface area contributed by atoms with Crippen molar-refractivity contribution in [2.24, 2.45) is 0 Å². The Morgan fingerprint density at radius 2 is 2.06 bits per heavy atom. The minimum absolute atomic E-state index is 0. The molecule has 94 valence electrons. The standard InChI is InChI=1S/C12H14N5.W/c1-4-17(3)12-15-9(2)14-11(16-12)10-5-7-13-8-6-10;/h5-7H,4H2,1-3H3;/q-1;. The summed E-state index contributed by atoms with van der Waals surface area (Å²) in [5, 5.41) is 0. The van der Waals surface area contributed by atoms with Crippen molar-refractivity contribution in [2.45, 2.75) is 13.8 Å². The summed E-state index contributed by atoms with van der Waals surface area (Å²) in [6.45, 7) is 4.77. The van der Waals surface area contributed by atoms with E-state index in [1.54, 1.807) is 12.3 Å². The second-order valence-electron chi connectivity index (χ2n) is 3.69. The van der Waals surface area contributed by atoms with Crippen LogP contribution in [0, 0.1) is 13.1 Å². The number of aryl methyl sites for hydroxylation is 1. The molecule has 2 heterocycles. The molecule has 0 radical (unpaired) electrons. The van der Waals surface area contributed by atoms with E-state index in [0.29, 0.717) is 17.6 Å². The van der Waals surface area contributed by atoms with Gasteiger partial charge >= 0.3 is 0 Å². The van der Waals surface area contributed by atoms with Crippen molar-refractivity contribution in [3.05, 3.63) is 30.4 Å². The summed E-state index contributed by atoms with van der Waals surface area (Å²) >= 11 is 0. The summed E-state index contributed by atoms with van der Waals surface area (Å²) in [5.41, 5.74) is 0.899. The van der Waals surface area contributed by atoms with Crippen LogP contribution < -0.4 is 4.90 Å². The molecular weight excluding hydrogens is 398 g/mol. The Morgan fingerprint density at radius 3 is 2.67 bits per heavy atom. The van der Waals surface area contributed by atoms with Crippen LogP contribution in [0.25, 0.3) is 11.4 Å². The van der Waals surface area contributed by atoms with Crippen LogP contribution in [0.15, 0.2) is 18.3 Å². The number of hydrogen-bond acceptors (Lipinski definition) is 5. The van der Waals surface area contributed by atoms with E-state index in [2.05, 4.69) is 33.1 Å². The summed E-state index contributed by atoms with van der Waals surface area (Å²) in [7, 11) is 1.96. The fraction of sp³-hybridized carbons (Fsp3) is 0.333. The first kappa shape index (κ1) is 14.7. The van der Waals surface area contributed by atoms with Crippen molar-refractivity contribution in [2.75, 3.05) is 18.5 Å². The molecule has 0 spiro atoms. The molecule has 0 N–H and O–H groups in total. The summed E-state index contributed by atoms with van der Waals surface area (Å²) in [6.07, 6.45) is 4.46. The molecule has 0 aliphatic rings. The molecule has 2 rings (SSSR count). The third kappa shape index (κ3) is 3.32. The van der Waals surface area contributed by atoms with E-state index in [9.17, 15) is 0 Å². The monoisotopic (exact) mass is 412 g/mol. The molecule has 6 heteroatoms. The Morgan fingerprint density at radius 1 is 1.28 bits per heavy atom. The van der Waals surface area contributed by atoms with Gasteiger partial charge in [-0.1, -0.05) is 18.0 Å². The van der Waals surface area contributed by atoms with E-state index >= 15 is 0 Å². The molecule has 0 aliphatic carbocycles. The number of aromatic nitrogens is 4. The molecule has 0 amide bonds. The third-order valence-electron chi connectivity index (χ3n) is 2.43. The van der Waals surface area contributed by atoms with Gasteiger partial charge in [-0.05, 0) is 13.8 Å². The molecule has 2 aromatic rings. The minimum Gasteiger partial charge on any atom is -0.394 e. The average molecular weight is 412 g/mol. The molecule has 2 aromatic heterocycles. The summed E-state index contributed by atoms with van der Waals surface area (Å²) in [5.74, 6) is 2.06. The van der Waals surface area contributed by atoms with Gasteiger partial charge in [-0.15, -0.1) is 12.1 Å². The summed E-state index contributed by atoms with van der Waals surface area (Å²) in [6, 6.07) is 3.63. The van der Waals surface area contributed by atoms with Gasteiger partial charge in [0.15, 0.2) is 0 Å². The van der Waals surface area contributed by atoms with Gasteiger partial charge in [0.1, 0.15) is 11.6 Å². The van der Waals surface area contributed by atoms with Gasteiger partial charge in [0.25, 0.3) is 0 Å². The molecule has 0 aliphatic heterocycles. The smallest absolute Gasteiger partial charge is 0.227 e. The van der Waals surface area contributed by atoms with Crippen molar-refractivity contribution < 1.29 is 21.1 Å².